The Morgan fingerprint density at radius 2 is 1.89 bits per heavy atom. The van der Waals surface area contributed by atoms with Crippen LogP contribution >= 0.6 is 11.6 Å². The molecule has 0 bridgehead atoms. The van der Waals surface area contributed by atoms with E-state index in [1.54, 1.807) is 0 Å². The summed E-state index contributed by atoms with van der Waals surface area (Å²) in [5.41, 5.74) is 9.11. The third-order valence-electron chi connectivity index (χ3n) is 3.73. The van der Waals surface area contributed by atoms with Gasteiger partial charge >= 0.3 is 0 Å². The van der Waals surface area contributed by atoms with E-state index in [2.05, 4.69) is 31.7 Å². The van der Waals surface area contributed by atoms with Crippen molar-refractivity contribution in [3.63, 3.8) is 0 Å². The fourth-order valence-corrected chi connectivity index (χ4v) is 3.52. The maximum atomic E-state index is 6.42. The highest BCUT2D eigenvalue weighted by Gasteiger charge is 2.24. The Balaban J connectivity index is 2.37. The molecule has 100 valence electrons. The fraction of sp³-hybridized carbons (Fsp3) is 0.600. The van der Waals surface area contributed by atoms with E-state index in [1.807, 2.05) is 6.07 Å². The number of aryl methyl sites for hydroxylation is 1. The molecule has 0 amide bonds. The number of piperidine rings is 1. The topological polar surface area (TPSA) is 29.3 Å². The van der Waals surface area contributed by atoms with Gasteiger partial charge in [-0.2, -0.15) is 0 Å². The van der Waals surface area contributed by atoms with Gasteiger partial charge in [0.15, 0.2) is 0 Å². The molecule has 0 spiro atoms. The lowest BCUT2D eigenvalue weighted by Gasteiger charge is -2.38. The van der Waals surface area contributed by atoms with Gasteiger partial charge in [-0.3, -0.25) is 0 Å². The van der Waals surface area contributed by atoms with Crippen LogP contribution in [0, 0.1) is 11.8 Å². The highest BCUT2D eigenvalue weighted by molar-refractivity contribution is 6.33. The second kappa shape index (κ2) is 5.40. The van der Waals surface area contributed by atoms with Crippen molar-refractivity contribution in [1.82, 2.24) is 0 Å². The molecule has 18 heavy (non-hydrogen) atoms. The van der Waals surface area contributed by atoms with Crippen molar-refractivity contribution < 1.29 is 0 Å². The molecule has 2 rings (SSSR count). The van der Waals surface area contributed by atoms with Gasteiger partial charge in [-0.15, -0.1) is 0 Å². The van der Waals surface area contributed by atoms with Gasteiger partial charge in [-0.1, -0.05) is 32.4 Å². The molecule has 2 nitrogen and oxygen atoms in total. The Bertz CT molecular complexity index is 421. The molecular weight excluding hydrogens is 244 g/mol. The number of hydrogen-bond acceptors (Lipinski definition) is 2. The van der Waals surface area contributed by atoms with E-state index >= 15 is 0 Å². The Kier molecular flexibility index (Phi) is 4.06. The minimum Gasteiger partial charge on any atom is -0.399 e. The van der Waals surface area contributed by atoms with Gasteiger partial charge in [0, 0.05) is 18.8 Å². The van der Waals surface area contributed by atoms with Crippen molar-refractivity contribution in [1.29, 1.82) is 0 Å². The molecule has 2 atom stereocenters. The van der Waals surface area contributed by atoms with Gasteiger partial charge in [0.2, 0.25) is 0 Å². The molecule has 2 unspecified atom stereocenters. The van der Waals surface area contributed by atoms with E-state index < -0.39 is 0 Å². The second-order valence-electron chi connectivity index (χ2n) is 5.72. The summed E-state index contributed by atoms with van der Waals surface area (Å²) in [4.78, 5) is 2.44. The molecule has 0 aliphatic carbocycles. The molecule has 3 heteroatoms. The van der Waals surface area contributed by atoms with Gasteiger partial charge in [0.25, 0.3) is 0 Å². The predicted molar refractivity (Wildman–Crippen MR) is 80.4 cm³/mol. The molecule has 1 aromatic carbocycles. The number of anilines is 2. The first kappa shape index (κ1) is 13.5. The third-order valence-corrected chi connectivity index (χ3v) is 4.02. The predicted octanol–water partition coefficient (Wildman–Crippen LogP) is 3.97. The lowest BCUT2D eigenvalue weighted by atomic mass is 9.91. The van der Waals surface area contributed by atoms with Crippen LogP contribution in [0.4, 0.5) is 11.4 Å². The standard InChI is InChI=1S/C15H23ClN2/c1-4-12-6-13(17)7-14(16)15(12)18-8-10(2)5-11(3)9-18/h6-7,10-11H,4-5,8-9,17H2,1-3H3. The van der Waals surface area contributed by atoms with Gasteiger partial charge < -0.3 is 10.6 Å². The number of nitrogens with two attached hydrogens (primary N) is 1. The summed E-state index contributed by atoms with van der Waals surface area (Å²) in [6.45, 7) is 8.99. The van der Waals surface area contributed by atoms with Gasteiger partial charge in [-0.05, 0) is 42.4 Å². The zero-order chi connectivity index (χ0) is 13.3. The highest BCUT2D eigenvalue weighted by atomic mass is 35.5. The number of halogens is 1. The van der Waals surface area contributed by atoms with E-state index in [1.165, 1.54) is 17.7 Å². The summed E-state index contributed by atoms with van der Waals surface area (Å²) in [5.74, 6) is 1.46. The zero-order valence-corrected chi connectivity index (χ0v) is 12.3. The SMILES string of the molecule is CCc1cc(N)cc(Cl)c1N1CC(C)CC(C)C1. The number of rotatable bonds is 2. The first-order valence-corrected chi connectivity index (χ1v) is 7.21. The summed E-state index contributed by atoms with van der Waals surface area (Å²) in [6, 6.07) is 3.94. The minimum absolute atomic E-state index is 0.729. The lowest BCUT2D eigenvalue weighted by Crippen LogP contribution is -2.39. The van der Waals surface area contributed by atoms with Gasteiger partial charge in [0.05, 0.1) is 10.7 Å². The zero-order valence-electron chi connectivity index (χ0n) is 11.5. The Labute approximate surface area is 115 Å². The molecule has 1 aliphatic rings. The van der Waals surface area contributed by atoms with E-state index in [0.29, 0.717) is 0 Å². The molecule has 0 saturated carbocycles. The van der Waals surface area contributed by atoms with Crippen LogP contribution in [0.2, 0.25) is 5.02 Å². The summed E-state index contributed by atoms with van der Waals surface area (Å²) in [5, 5.41) is 0.799. The minimum atomic E-state index is 0.729. The molecule has 0 radical (unpaired) electrons. The van der Waals surface area contributed by atoms with Gasteiger partial charge in [-0.25, -0.2) is 0 Å². The maximum Gasteiger partial charge on any atom is 0.0662 e. The Morgan fingerprint density at radius 3 is 2.44 bits per heavy atom. The van der Waals surface area contributed by atoms with Crippen LogP contribution < -0.4 is 10.6 Å². The van der Waals surface area contributed by atoms with Crippen LogP contribution in [0.25, 0.3) is 0 Å². The van der Waals surface area contributed by atoms with Crippen molar-refractivity contribution in [2.24, 2.45) is 11.8 Å². The molecule has 1 fully saturated rings. The van der Waals surface area contributed by atoms with E-state index in [-0.39, 0.29) is 0 Å². The summed E-state index contributed by atoms with van der Waals surface area (Å²) >= 11 is 6.42. The molecule has 1 aromatic rings. The first-order valence-electron chi connectivity index (χ1n) is 6.84. The highest BCUT2D eigenvalue weighted by Crippen LogP contribution is 2.36. The molecule has 2 N–H and O–H groups in total. The summed E-state index contributed by atoms with van der Waals surface area (Å²) in [7, 11) is 0. The largest absolute Gasteiger partial charge is 0.399 e. The van der Waals surface area contributed by atoms with Crippen molar-refractivity contribution >= 4 is 23.0 Å². The Morgan fingerprint density at radius 1 is 1.28 bits per heavy atom. The van der Waals surface area contributed by atoms with Gasteiger partial charge in [0.1, 0.15) is 0 Å². The number of nitrogen functional groups attached to an aromatic ring is 1. The van der Waals surface area contributed by atoms with Crippen LogP contribution in [0.15, 0.2) is 12.1 Å². The normalized spacial score (nSPS) is 24.3. The number of hydrogen-bond donors (Lipinski definition) is 1. The summed E-state index contributed by atoms with van der Waals surface area (Å²) < 4.78 is 0. The molecule has 0 aromatic heterocycles. The monoisotopic (exact) mass is 266 g/mol. The maximum absolute atomic E-state index is 6.42. The molecule has 1 aliphatic heterocycles. The first-order chi connectivity index (χ1) is 8.51. The Hall–Kier alpha value is -0.890. The van der Waals surface area contributed by atoms with Crippen molar-refractivity contribution in [2.75, 3.05) is 23.7 Å². The molecular formula is C15H23ClN2. The number of benzene rings is 1. The smallest absolute Gasteiger partial charge is 0.0662 e. The van der Waals surface area contributed by atoms with E-state index in [4.69, 9.17) is 17.3 Å². The van der Waals surface area contributed by atoms with E-state index in [0.717, 1.165) is 42.1 Å². The van der Waals surface area contributed by atoms with Crippen LogP contribution in [-0.2, 0) is 6.42 Å². The fourth-order valence-electron chi connectivity index (χ4n) is 3.15. The van der Waals surface area contributed by atoms with Crippen LogP contribution in [0.5, 0.6) is 0 Å². The lowest BCUT2D eigenvalue weighted by molar-refractivity contribution is 0.356. The van der Waals surface area contributed by atoms with Crippen molar-refractivity contribution in [2.45, 2.75) is 33.6 Å². The number of nitrogens with zero attached hydrogens (tertiary/aromatic N) is 1. The average molecular weight is 267 g/mol. The summed E-state index contributed by atoms with van der Waals surface area (Å²) in [6.07, 6.45) is 2.28. The second-order valence-corrected chi connectivity index (χ2v) is 6.12. The van der Waals surface area contributed by atoms with Crippen molar-refractivity contribution in [3.05, 3.63) is 22.7 Å². The quantitative estimate of drug-likeness (QED) is 0.821. The van der Waals surface area contributed by atoms with Crippen LogP contribution in [-0.4, -0.2) is 13.1 Å². The average Bonchev–Trinajstić information content (AvgIpc) is 2.26. The van der Waals surface area contributed by atoms with E-state index in [9.17, 15) is 0 Å². The third kappa shape index (κ3) is 2.74. The van der Waals surface area contributed by atoms with Crippen LogP contribution in [0.3, 0.4) is 0 Å². The van der Waals surface area contributed by atoms with Crippen molar-refractivity contribution in [3.8, 4) is 0 Å². The molecule has 1 saturated heterocycles. The van der Waals surface area contributed by atoms with Crippen LogP contribution in [0.1, 0.15) is 32.8 Å². The molecule has 1 heterocycles.